The van der Waals surface area contributed by atoms with Crippen molar-refractivity contribution in [1.29, 1.82) is 0 Å². The predicted molar refractivity (Wildman–Crippen MR) is 115 cm³/mol. The molecule has 0 saturated carbocycles. The molecule has 2 N–H and O–H groups in total. The summed E-state index contributed by atoms with van der Waals surface area (Å²) in [5.74, 6) is -4.55. The number of nitrogens with one attached hydrogen (secondary N) is 1. The molecule has 1 aromatic heterocycles. The third-order valence-corrected chi connectivity index (χ3v) is 4.43. The van der Waals surface area contributed by atoms with Crippen LogP contribution in [-0.4, -0.2) is 46.1 Å². The molecule has 2 aromatic carbocycles. The van der Waals surface area contributed by atoms with E-state index in [1.807, 2.05) is 0 Å². The Bertz CT molecular complexity index is 1110. The van der Waals surface area contributed by atoms with Crippen molar-refractivity contribution in [3.63, 3.8) is 0 Å². The fraction of sp³-hybridized carbons (Fsp3) is 0.125. The second-order valence-corrected chi connectivity index (χ2v) is 6.76. The number of amides is 1. The van der Waals surface area contributed by atoms with Gasteiger partial charge in [-0.1, -0.05) is 42.5 Å². The smallest absolute Gasteiger partial charge is 0.349 e. The molecule has 168 valence electrons. The van der Waals surface area contributed by atoms with E-state index in [1.165, 1.54) is 30.5 Å². The first-order valence-corrected chi connectivity index (χ1v) is 9.88. The van der Waals surface area contributed by atoms with Crippen molar-refractivity contribution >= 4 is 23.8 Å². The lowest BCUT2D eigenvalue weighted by Gasteiger charge is -2.23. The van der Waals surface area contributed by atoms with Crippen LogP contribution in [0.15, 0.2) is 85.1 Å². The predicted octanol–water partition coefficient (Wildman–Crippen LogP) is 2.23. The van der Waals surface area contributed by atoms with Gasteiger partial charge in [0, 0.05) is 6.20 Å². The Morgan fingerprint density at radius 1 is 0.758 bits per heavy atom. The maximum Gasteiger partial charge on any atom is 0.349 e. The van der Waals surface area contributed by atoms with Gasteiger partial charge < -0.3 is 19.9 Å². The monoisotopic (exact) mass is 448 g/mol. The van der Waals surface area contributed by atoms with Crippen LogP contribution >= 0.6 is 0 Å². The molecule has 0 spiro atoms. The van der Waals surface area contributed by atoms with Gasteiger partial charge in [0.15, 0.2) is 0 Å². The van der Waals surface area contributed by atoms with Crippen molar-refractivity contribution in [2.24, 2.45) is 0 Å². The summed E-state index contributed by atoms with van der Waals surface area (Å²) in [5.41, 5.74) is 0.663. The van der Waals surface area contributed by atoms with E-state index in [0.717, 1.165) is 0 Å². The number of aromatic nitrogens is 1. The maximum atomic E-state index is 12.9. The first kappa shape index (κ1) is 23.1. The largest absolute Gasteiger partial charge is 0.478 e. The highest BCUT2D eigenvalue weighted by Gasteiger charge is 2.40. The van der Waals surface area contributed by atoms with E-state index in [1.54, 1.807) is 54.6 Å². The van der Waals surface area contributed by atoms with E-state index in [2.05, 4.69) is 10.3 Å². The second kappa shape index (κ2) is 11.2. The lowest BCUT2D eigenvalue weighted by atomic mass is 10.1. The van der Waals surface area contributed by atoms with Gasteiger partial charge in [-0.15, -0.1) is 0 Å². The summed E-state index contributed by atoms with van der Waals surface area (Å²) >= 11 is 0. The van der Waals surface area contributed by atoms with Gasteiger partial charge in [-0.05, 0) is 36.4 Å². The molecule has 9 heteroatoms. The summed E-state index contributed by atoms with van der Waals surface area (Å²) in [6, 6.07) is 20.4. The molecule has 0 fully saturated rings. The number of benzene rings is 2. The Labute approximate surface area is 189 Å². The van der Waals surface area contributed by atoms with Crippen molar-refractivity contribution in [2.45, 2.75) is 18.8 Å². The minimum Gasteiger partial charge on any atom is -0.478 e. The normalized spacial score (nSPS) is 12.1. The van der Waals surface area contributed by atoms with Crippen LogP contribution in [0.5, 0.6) is 0 Å². The van der Waals surface area contributed by atoms with Crippen molar-refractivity contribution in [3.8, 4) is 0 Å². The minimum atomic E-state index is -2.09. The number of carboxylic acid groups (broad SMARTS) is 1. The van der Waals surface area contributed by atoms with Crippen LogP contribution in [0.4, 0.5) is 0 Å². The van der Waals surface area contributed by atoms with E-state index in [-0.39, 0.29) is 17.7 Å². The molecule has 3 aromatic rings. The lowest BCUT2D eigenvalue weighted by molar-refractivity contribution is -0.159. The molecule has 3 rings (SSSR count). The first-order valence-electron chi connectivity index (χ1n) is 9.88. The van der Waals surface area contributed by atoms with E-state index < -0.39 is 36.0 Å². The summed E-state index contributed by atoms with van der Waals surface area (Å²) in [6.07, 6.45) is -2.52. The molecule has 0 radical (unpaired) electrons. The van der Waals surface area contributed by atoms with Gasteiger partial charge in [0.2, 0.25) is 12.2 Å². The SMILES string of the molecule is O=C(O[C@H](C(=O)O)[C@H](OC(=O)c1ccccc1)C(=O)NCc1ccccn1)c1ccccc1. The Hall–Kier alpha value is -4.53. The van der Waals surface area contributed by atoms with Crippen LogP contribution in [0.2, 0.25) is 0 Å². The fourth-order valence-electron chi connectivity index (χ4n) is 2.79. The average molecular weight is 448 g/mol. The summed E-state index contributed by atoms with van der Waals surface area (Å²) in [5, 5.41) is 12.2. The standard InChI is InChI=1S/C24H20N2O7/c27-21(26-15-18-13-7-8-14-25-18)19(32-23(30)16-9-3-1-4-10-16)20(22(28)29)33-24(31)17-11-5-2-6-12-17/h1-14,19-20H,15H2,(H,26,27)(H,28,29)/t19-,20-/m0/s1. The number of aliphatic carboxylic acids is 1. The zero-order chi connectivity index (χ0) is 23.6. The third-order valence-electron chi connectivity index (χ3n) is 4.43. The lowest BCUT2D eigenvalue weighted by Crippen LogP contribution is -2.50. The molecule has 0 bridgehead atoms. The highest BCUT2D eigenvalue weighted by Crippen LogP contribution is 2.14. The van der Waals surface area contributed by atoms with E-state index in [0.29, 0.717) is 5.69 Å². The molecule has 0 aliphatic heterocycles. The van der Waals surface area contributed by atoms with Crippen LogP contribution in [-0.2, 0) is 25.6 Å². The van der Waals surface area contributed by atoms with E-state index >= 15 is 0 Å². The van der Waals surface area contributed by atoms with Crippen LogP contribution in [0.25, 0.3) is 0 Å². The molecule has 0 unspecified atom stereocenters. The van der Waals surface area contributed by atoms with E-state index in [9.17, 15) is 24.3 Å². The fourth-order valence-corrected chi connectivity index (χ4v) is 2.79. The number of hydrogen-bond acceptors (Lipinski definition) is 7. The Balaban J connectivity index is 1.83. The Morgan fingerprint density at radius 2 is 1.27 bits per heavy atom. The van der Waals surface area contributed by atoms with Crippen molar-refractivity contribution < 1.29 is 33.8 Å². The van der Waals surface area contributed by atoms with E-state index in [4.69, 9.17) is 9.47 Å². The van der Waals surface area contributed by atoms with Gasteiger partial charge in [-0.2, -0.15) is 0 Å². The second-order valence-electron chi connectivity index (χ2n) is 6.76. The van der Waals surface area contributed by atoms with Gasteiger partial charge in [0.05, 0.1) is 23.4 Å². The van der Waals surface area contributed by atoms with Crippen molar-refractivity contribution in [2.75, 3.05) is 0 Å². The number of rotatable bonds is 9. The Morgan fingerprint density at radius 3 is 1.76 bits per heavy atom. The molecule has 2 atom stereocenters. The summed E-state index contributed by atoms with van der Waals surface area (Å²) in [6.45, 7) is -0.0575. The molecule has 33 heavy (non-hydrogen) atoms. The number of carbonyl (C=O) groups excluding carboxylic acids is 3. The van der Waals surface area contributed by atoms with Gasteiger partial charge in [-0.3, -0.25) is 9.78 Å². The quantitative estimate of drug-likeness (QED) is 0.477. The Kier molecular flexibility index (Phi) is 7.85. The number of carboxylic acids is 1. The van der Waals surface area contributed by atoms with Crippen LogP contribution in [0.3, 0.4) is 0 Å². The molecule has 1 heterocycles. The number of esters is 2. The van der Waals surface area contributed by atoms with Crippen molar-refractivity contribution in [3.05, 3.63) is 102 Å². The number of nitrogens with zero attached hydrogens (tertiary/aromatic N) is 1. The zero-order valence-electron chi connectivity index (χ0n) is 17.3. The molecule has 0 saturated heterocycles. The van der Waals surface area contributed by atoms with Crippen molar-refractivity contribution in [1.82, 2.24) is 10.3 Å². The average Bonchev–Trinajstić information content (AvgIpc) is 2.86. The molecule has 9 nitrogen and oxygen atoms in total. The minimum absolute atomic E-state index is 0.0575. The summed E-state index contributed by atoms with van der Waals surface area (Å²) < 4.78 is 10.3. The number of pyridine rings is 1. The summed E-state index contributed by atoms with van der Waals surface area (Å²) in [7, 11) is 0. The number of ether oxygens (including phenoxy) is 2. The number of carbonyl (C=O) groups is 4. The molecular formula is C24H20N2O7. The molecule has 1 amide bonds. The maximum absolute atomic E-state index is 12.9. The van der Waals surface area contributed by atoms with Crippen LogP contribution < -0.4 is 5.32 Å². The van der Waals surface area contributed by atoms with Gasteiger partial charge >= 0.3 is 17.9 Å². The highest BCUT2D eigenvalue weighted by molar-refractivity contribution is 5.96. The van der Waals surface area contributed by atoms with Crippen LogP contribution in [0, 0.1) is 0 Å². The van der Waals surface area contributed by atoms with Gasteiger partial charge in [-0.25, -0.2) is 14.4 Å². The first-order chi connectivity index (χ1) is 16.0. The zero-order valence-corrected chi connectivity index (χ0v) is 17.3. The third kappa shape index (κ3) is 6.47. The van der Waals surface area contributed by atoms with Crippen LogP contribution in [0.1, 0.15) is 26.4 Å². The van der Waals surface area contributed by atoms with Gasteiger partial charge in [0.1, 0.15) is 0 Å². The number of hydrogen-bond donors (Lipinski definition) is 2. The van der Waals surface area contributed by atoms with Gasteiger partial charge in [0.25, 0.3) is 5.91 Å². The molecule has 0 aliphatic rings. The molecular weight excluding hydrogens is 428 g/mol. The highest BCUT2D eigenvalue weighted by atomic mass is 16.6. The molecule has 0 aliphatic carbocycles. The topological polar surface area (TPSA) is 132 Å². The summed E-state index contributed by atoms with van der Waals surface area (Å²) in [4.78, 5) is 53.9.